The highest BCUT2D eigenvalue weighted by molar-refractivity contribution is 9.10. The maximum absolute atomic E-state index is 12.7. The molecule has 3 aromatic rings. The van der Waals surface area contributed by atoms with Crippen LogP contribution >= 0.6 is 27.3 Å². The summed E-state index contributed by atoms with van der Waals surface area (Å²) < 4.78 is 5.75. The summed E-state index contributed by atoms with van der Waals surface area (Å²) in [5.74, 6) is -1.95. The van der Waals surface area contributed by atoms with E-state index in [4.69, 9.17) is 4.74 Å². The van der Waals surface area contributed by atoms with Crippen molar-refractivity contribution in [2.75, 3.05) is 11.9 Å². The van der Waals surface area contributed by atoms with Gasteiger partial charge in [0.25, 0.3) is 11.8 Å². The molecule has 1 aliphatic rings. The standard InChI is InChI=1S/C22H16BrN3O5S/c1-2-31-22(30)26-19(28)15-5-3-4-13(18(15)20(26)29)10-17(27)25-21-24-16(11-32-21)12-6-8-14(23)9-7-12/h3-9,11H,2,10H2,1H3,(H,24,25,27). The number of ether oxygens (including phenoxy) is 1. The van der Waals surface area contributed by atoms with Crippen LogP contribution in [-0.2, 0) is 16.0 Å². The van der Waals surface area contributed by atoms with Crippen LogP contribution in [0.3, 0.4) is 0 Å². The van der Waals surface area contributed by atoms with Crippen LogP contribution in [0.5, 0.6) is 0 Å². The number of hydrogen-bond acceptors (Lipinski definition) is 7. The smallest absolute Gasteiger partial charge is 0.424 e. The number of rotatable bonds is 5. The summed E-state index contributed by atoms with van der Waals surface area (Å²) >= 11 is 4.67. The minimum atomic E-state index is -1.03. The van der Waals surface area contributed by atoms with Crippen molar-refractivity contribution in [3.63, 3.8) is 0 Å². The van der Waals surface area contributed by atoms with E-state index in [2.05, 4.69) is 26.2 Å². The fourth-order valence-corrected chi connectivity index (χ4v) is 4.28. The summed E-state index contributed by atoms with van der Waals surface area (Å²) in [5.41, 5.74) is 2.09. The molecule has 0 saturated carbocycles. The molecule has 1 aromatic heterocycles. The number of carbonyl (C=O) groups is 4. The second-order valence-electron chi connectivity index (χ2n) is 6.75. The highest BCUT2D eigenvalue weighted by Crippen LogP contribution is 2.29. The van der Waals surface area contributed by atoms with Gasteiger partial charge in [-0.3, -0.25) is 14.4 Å². The fraction of sp³-hybridized carbons (Fsp3) is 0.136. The van der Waals surface area contributed by atoms with E-state index in [1.165, 1.54) is 17.4 Å². The van der Waals surface area contributed by atoms with E-state index in [0.29, 0.717) is 15.6 Å². The number of anilines is 1. The quantitative estimate of drug-likeness (QED) is 0.503. The molecule has 0 aliphatic carbocycles. The van der Waals surface area contributed by atoms with Gasteiger partial charge in [-0.25, -0.2) is 9.78 Å². The maximum Gasteiger partial charge on any atom is 0.424 e. The van der Waals surface area contributed by atoms with Crippen molar-refractivity contribution in [3.8, 4) is 11.3 Å². The predicted molar refractivity (Wildman–Crippen MR) is 122 cm³/mol. The highest BCUT2D eigenvalue weighted by Gasteiger charge is 2.42. The number of carbonyl (C=O) groups excluding carboxylic acids is 4. The molecule has 0 radical (unpaired) electrons. The van der Waals surface area contributed by atoms with Crippen molar-refractivity contribution < 1.29 is 23.9 Å². The van der Waals surface area contributed by atoms with Crippen molar-refractivity contribution in [1.82, 2.24) is 9.88 Å². The zero-order valence-corrected chi connectivity index (χ0v) is 19.2. The molecule has 0 unspecified atom stereocenters. The van der Waals surface area contributed by atoms with Gasteiger partial charge in [-0.1, -0.05) is 40.2 Å². The first-order valence-corrected chi connectivity index (χ1v) is 11.2. The van der Waals surface area contributed by atoms with Crippen LogP contribution in [0.15, 0.2) is 52.3 Å². The summed E-state index contributed by atoms with van der Waals surface area (Å²) in [4.78, 5) is 54.8. The average molecular weight is 514 g/mol. The highest BCUT2D eigenvalue weighted by atomic mass is 79.9. The van der Waals surface area contributed by atoms with Crippen LogP contribution in [0, 0.1) is 0 Å². The fourth-order valence-electron chi connectivity index (χ4n) is 3.28. The lowest BCUT2D eigenvalue weighted by Gasteiger charge is -2.11. The minimum Gasteiger partial charge on any atom is -0.449 e. The predicted octanol–water partition coefficient (Wildman–Crippen LogP) is 4.51. The zero-order chi connectivity index (χ0) is 22.8. The molecule has 1 aliphatic heterocycles. The summed E-state index contributed by atoms with van der Waals surface area (Å²) in [7, 11) is 0. The van der Waals surface area contributed by atoms with Crippen molar-refractivity contribution in [3.05, 3.63) is 69.0 Å². The number of hydrogen-bond donors (Lipinski definition) is 1. The number of aromatic nitrogens is 1. The average Bonchev–Trinajstić information content (AvgIpc) is 3.32. The topological polar surface area (TPSA) is 106 Å². The molecule has 0 atom stereocenters. The van der Waals surface area contributed by atoms with Crippen LogP contribution < -0.4 is 5.32 Å². The third-order valence-corrected chi connectivity index (χ3v) is 5.98. The van der Waals surface area contributed by atoms with Crippen LogP contribution in [0.1, 0.15) is 33.2 Å². The summed E-state index contributed by atoms with van der Waals surface area (Å²) in [6.07, 6.45) is -1.19. The maximum atomic E-state index is 12.7. The molecular formula is C22H16BrN3O5S. The van der Waals surface area contributed by atoms with Gasteiger partial charge in [-0.2, -0.15) is 4.90 Å². The third-order valence-electron chi connectivity index (χ3n) is 4.69. The molecule has 10 heteroatoms. The van der Waals surface area contributed by atoms with Crippen molar-refractivity contribution >= 4 is 56.2 Å². The Morgan fingerprint density at radius 1 is 1.12 bits per heavy atom. The van der Waals surface area contributed by atoms with Crippen LogP contribution in [0.2, 0.25) is 0 Å². The number of nitrogens with one attached hydrogen (secondary N) is 1. The normalized spacial score (nSPS) is 12.6. The van der Waals surface area contributed by atoms with E-state index in [1.807, 2.05) is 29.6 Å². The molecule has 4 amide bonds. The Morgan fingerprint density at radius 3 is 2.59 bits per heavy atom. The van der Waals surface area contributed by atoms with E-state index in [1.54, 1.807) is 19.1 Å². The van der Waals surface area contributed by atoms with E-state index in [-0.39, 0.29) is 24.2 Å². The lowest BCUT2D eigenvalue weighted by atomic mass is 10.00. The first-order valence-electron chi connectivity index (χ1n) is 9.57. The molecule has 2 heterocycles. The first-order chi connectivity index (χ1) is 15.4. The van der Waals surface area contributed by atoms with Gasteiger partial charge >= 0.3 is 6.09 Å². The van der Waals surface area contributed by atoms with Gasteiger partial charge in [0, 0.05) is 15.4 Å². The number of thiazole rings is 1. The number of halogens is 1. The van der Waals surface area contributed by atoms with Gasteiger partial charge in [0.1, 0.15) is 0 Å². The molecule has 8 nitrogen and oxygen atoms in total. The van der Waals surface area contributed by atoms with Crippen molar-refractivity contribution in [2.24, 2.45) is 0 Å². The Morgan fingerprint density at radius 2 is 1.88 bits per heavy atom. The zero-order valence-electron chi connectivity index (χ0n) is 16.8. The van der Waals surface area contributed by atoms with Gasteiger partial charge in [-0.05, 0) is 30.7 Å². The van der Waals surface area contributed by atoms with Crippen molar-refractivity contribution in [2.45, 2.75) is 13.3 Å². The first kappa shape index (κ1) is 21.8. The number of fused-ring (bicyclic) bond motifs is 1. The van der Waals surface area contributed by atoms with Gasteiger partial charge in [0.15, 0.2) is 5.13 Å². The largest absolute Gasteiger partial charge is 0.449 e. The minimum absolute atomic E-state index is 0.0254. The Balaban J connectivity index is 1.50. The van der Waals surface area contributed by atoms with Gasteiger partial charge in [0.2, 0.25) is 5.91 Å². The summed E-state index contributed by atoms with van der Waals surface area (Å²) in [6, 6.07) is 12.2. The molecule has 162 valence electrons. The number of imide groups is 3. The van der Waals surface area contributed by atoms with E-state index < -0.39 is 23.8 Å². The third kappa shape index (κ3) is 4.19. The molecule has 0 saturated heterocycles. The molecule has 1 N–H and O–H groups in total. The molecule has 0 bridgehead atoms. The Kier molecular flexibility index (Phi) is 6.15. The van der Waals surface area contributed by atoms with E-state index in [0.717, 1.165) is 15.7 Å². The summed E-state index contributed by atoms with van der Waals surface area (Å²) in [5, 5.41) is 4.97. The number of benzene rings is 2. The second-order valence-corrected chi connectivity index (χ2v) is 8.53. The molecule has 2 aromatic carbocycles. The number of nitrogens with zero attached hydrogens (tertiary/aromatic N) is 2. The lowest BCUT2D eigenvalue weighted by Crippen LogP contribution is -2.36. The Bertz CT molecular complexity index is 1240. The Labute approximate surface area is 195 Å². The lowest BCUT2D eigenvalue weighted by molar-refractivity contribution is -0.115. The van der Waals surface area contributed by atoms with Crippen LogP contribution in [0.25, 0.3) is 11.3 Å². The summed E-state index contributed by atoms with van der Waals surface area (Å²) in [6.45, 7) is 1.60. The molecule has 0 spiro atoms. The monoisotopic (exact) mass is 513 g/mol. The Hall–Kier alpha value is -3.37. The molecule has 4 rings (SSSR count). The van der Waals surface area contributed by atoms with E-state index >= 15 is 0 Å². The number of amides is 4. The van der Waals surface area contributed by atoms with Crippen LogP contribution in [-0.4, -0.2) is 40.3 Å². The SMILES string of the molecule is CCOC(=O)N1C(=O)c2cccc(CC(=O)Nc3nc(-c4ccc(Br)cc4)cs3)c2C1=O. The second kappa shape index (κ2) is 9.01. The molecule has 0 fully saturated rings. The van der Waals surface area contributed by atoms with Gasteiger partial charge < -0.3 is 10.1 Å². The molecule has 32 heavy (non-hydrogen) atoms. The molecular weight excluding hydrogens is 498 g/mol. The van der Waals surface area contributed by atoms with Gasteiger partial charge in [-0.15, -0.1) is 11.3 Å². The van der Waals surface area contributed by atoms with Crippen molar-refractivity contribution in [1.29, 1.82) is 0 Å². The van der Waals surface area contributed by atoms with Crippen LogP contribution in [0.4, 0.5) is 9.93 Å². The van der Waals surface area contributed by atoms with Gasteiger partial charge in [0.05, 0.1) is 29.8 Å². The van der Waals surface area contributed by atoms with E-state index in [9.17, 15) is 19.2 Å².